The predicted octanol–water partition coefficient (Wildman–Crippen LogP) is 2.37. The fraction of sp³-hybridized carbons (Fsp3) is 0.200. The second kappa shape index (κ2) is 9.43. The van der Waals surface area contributed by atoms with Crippen LogP contribution in [0.1, 0.15) is 32.9 Å². The van der Waals surface area contributed by atoms with Crippen LogP contribution in [0.4, 0.5) is 10.6 Å². The van der Waals surface area contributed by atoms with Gasteiger partial charge in [-0.3, -0.25) is 9.36 Å². The Morgan fingerprint density at radius 3 is 2.63 bits per heavy atom. The minimum Gasteiger partial charge on any atom is -0.376 e. The Kier molecular flexibility index (Phi) is 6.02. The number of anilines is 1. The summed E-state index contributed by atoms with van der Waals surface area (Å²) in [5.74, 6) is 0.547. The van der Waals surface area contributed by atoms with Crippen molar-refractivity contribution in [3.05, 3.63) is 82.7 Å². The number of nitrogens with two attached hydrogens (primary N) is 2. The van der Waals surface area contributed by atoms with Crippen molar-refractivity contribution in [3.63, 3.8) is 0 Å². The molecule has 3 heterocycles. The number of hydrogen-bond acceptors (Lipinski definition) is 6. The van der Waals surface area contributed by atoms with E-state index in [1.807, 2.05) is 41.0 Å². The summed E-state index contributed by atoms with van der Waals surface area (Å²) in [6.45, 7) is 1.69. The maximum Gasteiger partial charge on any atom is 0.312 e. The average Bonchev–Trinajstić information content (AvgIpc) is 3.25. The molecular formula is C25H25N7O3. The van der Waals surface area contributed by atoms with Crippen LogP contribution in [0.5, 0.6) is 0 Å². The quantitative estimate of drug-likeness (QED) is 0.325. The van der Waals surface area contributed by atoms with Crippen molar-refractivity contribution in [2.45, 2.75) is 26.1 Å². The summed E-state index contributed by atoms with van der Waals surface area (Å²) in [6.07, 6.45) is 0.644. The summed E-state index contributed by atoms with van der Waals surface area (Å²) < 4.78 is 7.50. The van der Waals surface area contributed by atoms with Gasteiger partial charge in [0.2, 0.25) is 11.9 Å². The van der Waals surface area contributed by atoms with Crippen molar-refractivity contribution in [3.8, 4) is 5.95 Å². The first kappa shape index (κ1) is 22.4. The van der Waals surface area contributed by atoms with Gasteiger partial charge >= 0.3 is 6.03 Å². The molecule has 4 aromatic rings. The molecule has 10 heteroatoms. The van der Waals surface area contributed by atoms with E-state index < -0.39 is 11.9 Å². The normalized spacial score (nSPS) is 12.8. The molecular weight excluding hydrogens is 446 g/mol. The molecule has 1 aliphatic heterocycles. The summed E-state index contributed by atoms with van der Waals surface area (Å²) in [5.41, 5.74) is 15.6. The van der Waals surface area contributed by atoms with Gasteiger partial charge in [0.15, 0.2) is 0 Å². The highest BCUT2D eigenvalue weighted by atomic mass is 16.5. The first-order valence-corrected chi connectivity index (χ1v) is 11.2. The van der Waals surface area contributed by atoms with E-state index in [1.54, 1.807) is 18.2 Å². The molecule has 0 bridgehead atoms. The Hall–Kier alpha value is -4.44. The second-order valence-corrected chi connectivity index (χ2v) is 8.23. The molecule has 35 heavy (non-hydrogen) atoms. The smallest absolute Gasteiger partial charge is 0.312 e. The van der Waals surface area contributed by atoms with Gasteiger partial charge in [0.1, 0.15) is 5.82 Å². The lowest BCUT2D eigenvalue weighted by molar-refractivity contribution is 0.100. The van der Waals surface area contributed by atoms with E-state index in [0.717, 1.165) is 16.8 Å². The zero-order valence-corrected chi connectivity index (χ0v) is 19.0. The lowest BCUT2D eigenvalue weighted by atomic mass is 10.1. The Morgan fingerprint density at radius 2 is 1.86 bits per heavy atom. The number of amides is 3. The van der Waals surface area contributed by atoms with Crippen LogP contribution in [0.15, 0.2) is 54.6 Å². The summed E-state index contributed by atoms with van der Waals surface area (Å²) >= 11 is 0. The number of rotatable bonds is 7. The minimum absolute atomic E-state index is 0.124. The molecule has 5 rings (SSSR count). The Bertz CT molecular complexity index is 1420. The van der Waals surface area contributed by atoms with E-state index in [0.29, 0.717) is 60.1 Å². The van der Waals surface area contributed by atoms with E-state index in [1.165, 1.54) is 0 Å². The van der Waals surface area contributed by atoms with Crippen LogP contribution in [0, 0.1) is 0 Å². The zero-order chi connectivity index (χ0) is 24.4. The second-order valence-electron chi connectivity index (χ2n) is 8.23. The number of hydrogen-bond donors (Lipinski definition) is 4. The summed E-state index contributed by atoms with van der Waals surface area (Å²) in [4.78, 5) is 33.2. The molecule has 0 atom stereocenters. The van der Waals surface area contributed by atoms with Crippen LogP contribution in [0.25, 0.3) is 16.9 Å². The van der Waals surface area contributed by atoms with Gasteiger partial charge in [-0.25, -0.2) is 9.78 Å². The van der Waals surface area contributed by atoms with Crippen molar-refractivity contribution in [1.82, 2.24) is 19.9 Å². The third-order valence-electron chi connectivity index (χ3n) is 5.94. The lowest BCUT2D eigenvalue weighted by Crippen LogP contribution is -2.29. The molecule has 0 fully saturated rings. The largest absolute Gasteiger partial charge is 0.376 e. The van der Waals surface area contributed by atoms with Crippen molar-refractivity contribution in [2.24, 2.45) is 11.5 Å². The third-order valence-corrected chi connectivity index (χ3v) is 5.94. The maximum atomic E-state index is 12.1. The molecule has 10 nitrogen and oxygen atoms in total. The van der Waals surface area contributed by atoms with Crippen molar-refractivity contribution in [2.75, 3.05) is 11.9 Å². The molecule has 0 spiro atoms. The number of ether oxygens (including phenoxy) is 1. The fourth-order valence-corrected chi connectivity index (χ4v) is 4.29. The SMILES string of the molecule is NC(=O)NCc1cc2c(C(N)=O)cccc2n1-c1nc2c(c(NCc3ccccc3)n1)COCC2. The van der Waals surface area contributed by atoms with Gasteiger partial charge in [-0.15, -0.1) is 0 Å². The van der Waals surface area contributed by atoms with Crippen molar-refractivity contribution < 1.29 is 14.3 Å². The van der Waals surface area contributed by atoms with Crippen molar-refractivity contribution >= 4 is 28.7 Å². The number of benzene rings is 2. The number of aromatic nitrogens is 3. The first-order valence-electron chi connectivity index (χ1n) is 11.2. The number of fused-ring (bicyclic) bond motifs is 2. The van der Waals surface area contributed by atoms with E-state index in [4.69, 9.17) is 26.2 Å². The van der Waals surface area contributed by atoms with Crippen LogP contribution >= 0.6 is 0 Å². The summed E-state index contributed by atoms with van der Waals surface area (Å²) in [6, 6.07) is 16.4. The third kappa shape index (κ3) is 4.51. The number of nitrogens with zero attached hydrogens (tertiary/aromatic N) is 3. The Balaban J connectivity index is 1.65. The molecule has 0 saturated carbocycles. The number of nitrogens with one attached hydrogen (secondary N) is 2. The molecule has 1 aliphatic rings. The van der Waals surface area contributed by atoms with E-state index in [9.17, 15) is 9.59 Å². The monoisotopic (exact) mass is 471 g/mol. The van der Waals surface area contributed by atoms with Gasteiger partial charge in [0.25, 0.3) is 0 Å². The molecule has 0 radical (unpaired) electrons. The van der Waals surface area contributed by atoms with Gasteiger partial charge in [-0.2, -0.15) is 4.98 Å². The van der Waals surface area contributed by atoms with E-state index in [-0.39, 0.29) is 6.54 Å². The molecule has 0 aliphatic carbocycles. The minimum atomic E-state index is -0.661. The van der Waals surface area contributed by atoms with Gasteiger partial charge in [-0.05, 0) is 23.8 Å². The average molecular weight is 472 g/mol. The standard InChI is InChI=1S/C25H25N7O3/c26-22(33)17-7-4-8-21-18(17)11-16(13-29-24(27)34)32(21)25-30-20-9-10-35-14-19(20)23(31-25)28-12-15-5-2-1-3-6-15/h1-8,11H,9-10,12-14H2,(H2,26,33)(H3,27,29,34)(H,28,30,31). The molecule has 2 aromatic carbocycles. The van der Waals surface area contributed by atoms with E-state index >= 15 is 0 Å². The van der Waals surface area contributed by atoms with Crippen molar-refractivity contribution in [1.29, 1.82) is 0 Å². The van der Waals surface area contributed by atoms with Gasteiger partial charge in [0, 0.05) is 35.2 Å². The van der Waals surface area contributed by atoms with E-state index in [2.05, 4.69) is 10.6 Å². The molecule has 0 saturated heterocycles. The zero-order valence-electron chi connectivity index (χ0n) is 19.0. The highest BCUT2D eigenvalue weighted by molar-refractivity contribution is 6.06. The van der Waals surface area contributed by atoms with Gasteiger partial charge in [-0.1, -0.05) is 36.4 Å². The van der Waals surface area contributed by atoms with Crippen LogP contribution in [0.2, 0.25) is 0 Å². The molecule has 178 valence electrons. The van der Waals surface area contributed by atoms with Crippen LogP contribution < -0.4 is 22.1 Å². The number of primary amides is 2. The molecule has 0 unspecified atom stereocenters. The first-order chi connectivity index (χ1) is 17.0. The predicted molar refractivity (Wildman–Crippen MR) is 131 cm³/mol. The van der Waals surface area contributed by atoms with Gasteiger partial charge < -0.3 is 26.8 Å². The molecule has 2 aromatic heterocycles. The van der Waals surface area contributed by atoms with Crippen LogP contribution in [-0.4, -0.2) is 33.1 Å². The Labute approximate surface area is 201 Å². The van der Waals surface area contributed by atoms with Gasteiger partial charge in [0.05, 0.1) is 31.0 Å². The molecule has 3 amide bonds. The number of carbonyl (C=O) groups is 2. The Morgan fingerprint density at radius 1 is 1.03 bits per heavy atom. The lowest BCUT2D eigenvalue weighted by Gasteiger charge is -2.21. The summed E-state index contributed by atoms with van der Waals surface area (Å²) in [7, 11) is 0. The molecule has 6 N–H and O–H groups in total. The highest BCUT2D eigenvalue weighted by Gasteiger charge is 2.22. The maximum absolute atomic E-state index is 12.1. The summed E-state index contributed by atoms with van der Waals surface area (Å²) in [5, 5.41) is 6.69. The topological polar surface area (TPSA) is 150 Å². The fourth-order valence-electron chi connectivity index (χ4n) is 4.29. The van der Waals surface area contributed by atoms with Crippen LogP contribution in [-0.2, 0) is 30.9 Å². The number of urea groups is 1. The highest BCUT2D eigenvalue weighted by Crippen LogP contribution is 2.29. The van der Waals surface area contributed by atoms with Crippen LogP contribution in [0.3, 0.4) is 0 Å². The number of carbonyl (C=O) groups excluding carboxylic acids is 2.